The van der Waals surface area contributed by atoms with E-state index in [1.54, 1.807) is 0 Å². The minimum Gasteiger partial charge on any atom is -0.481 e. The molecular formula is C12H10F4O2. The zero-order chi connectivity index (χ0) is 13.6. The number of carboxylic acids is 1. The molecule has 1 N–H and O–H groups in total. The average Bonchev–Trinajstić information content (AvgIpc) is 2.23. The highest BCUT2D eigenvalue weighted by Crippen LogP contribution is 2.46. The smallest absolute Gasteiger partial charge is 0.416 e. The lowest BCUT2D eigenvalue weighted by Crippen LogP contribution is -2.49. The number of rotatable bonds is 2. The largest absolute Gasteiger partial charge is 0.481 e. The Hall–Kier alpha value is -1.59. The van der Waals surface area contributed by atoms with Crippen LogP contribution in [0, 0.1) is 0 Å². The van der Waals surface area contributed by atoms with Gasteiger partial charge in [0, 0.05) is 0 Å². The lowest BCUT2D eigenvalue weighted by molar-refractivity contribution is -0.150. The molecule has 1 aliphatic carbocycles. The van der Waals surface area contributed by atoms with E-state index >= 15 is 0 Å². The van der Waals surface area contributed by atoms with Crippen LogP contribution in [0.2, 0.25) is 0 Å². The lowest BCUT2D eigenvalue weighted by atomic mass is 9.63. The number of hydrogen-bond acceptors (Lipinski definition) is 1. The van der Waals surface area contributed by atoms with Crippen LogP contribution in [0.3, 0.4) is 0 Å². The molecule has 2 rings (SSSR count). The molecule has 18 heavy (non-hydrogen) atoms. The normalized spacial score (nSPS) is 27.7. The van der Waals surface area contributed by atoms with Crippen molar-refractivity contribution >= 4 is 5.97 Å². The summed E-state index contributed by atoms with van der Waals surface area (Å²) in [7, 11) is 0. The fourth-order valence-corrected chi connectivity index (χ4v) is 2.22. The maximum atomic E-state index is 12.9. The van der Waals surface area contributed by atoms with Gasteiger partial charge in [0.25, 0.3) is 0 Å². The van der Waals surface area contributed by atoms with Crippen LogP contribution in [-0.4, -0.2) is 17.2 Å². The van der Waals surface area contributed by atoms with Crippen LogP contribution in [0.4, 0.5) is 17.6 Å². The molecule has 1 saturated carbocycles. The van der Waals surface area contributed by atoms with E-state index in [1.807, 2.05) is 0 Å². The Labute approximate surface area is 100 Å². The van der Waals surface area contributed by atoms with Crippen molar-refractivity contribution in [3.63, 3.8) is 0 Å². The summed E-state index contributed by atoms with van der Waals surface area (Å²) >= 11 is 0. The van der Waals surface area contributed by atoms with Gasteiger partial charge >= 0.3 is 12.1 Å². The van der Waals surface area contributed by atoms with Crippen LogP contribution in [-0.2, 0) is 16.4 Å². The molecule has 1 aromatic carbocycles. The van der Waals surface area contributed by atoms with Gasteiger partial charge in [-0.25, -0.2) is 4.39 Å². The van der Waals surface area contributed by atoms with E-state index in [1.165, 1.54) is 6.07 Å². The zero-order valence-electron chi connectivity index (χ0n) is 9.17. The molecule has 1 fully saturated rings. The summed E-state index contributed by atoms with van der Waals surface area (Å²) in [4.78, 5) is 11.2. The van der Waals surface area contributed by atoms with E-state index in [4.69, 9.17) is 5.11 Å². The van der Waals surface area contributed by atoms with Crippen molar-refractivity contribution in [1.29, 1.82) is 0 Å². The second-order valence-electron chi connectivity index (χ2n) is 4.47. The first-order chi connectivity index (χ1) is 8.25. The minimum absolute atomic E-state index is 0.0127. The molecule has 0 saturated heterocycles. The van der Waals surface area contributed by atoms with Gasteiger partial charge in [-0.1, -0.05) is 18.2 Å². The maximum Gasteiger partial charge on any atom is 0.416 e. The van der Waals surface area contributed by atoms with Crippen molar-refractivity contribution in [2.75, 3.05) is 0 Å². The van der Waals surface area contributed by atoms with Gasteiger partial charge in [-0.2, -0.15) is 13.2 Å². The highest BCUT2D eigenvalue weighted by molar-refractivity contribution is 5.83. The van der Waals surface area contributed by atoms with Crippen molar-refractivity contribution in [1.82, 2.24) is 0 Å². The van der Waals surface area contributed by atoms with E-state index in [2.05, 4.69) is 0 Å². The molecule has 1 aromatic rings. The summed E-state index contributed by atoms with van der Waals surface area (Å²) in [6.07, 6.45) is -6.35. The molecule has 0 spiro atoms. The fraction of sp³-hybridized carbons (Fsp3) is 0.417. The number of halogens is 4. The molecule has 1 aliphatic rings. The number of aliphatic carboxylic acids is 1. The van der Waals surface area contributed by atoms with E-state index in [-0.39, 0.29) is 18.4 Å². The van der Waals surface area contributed by atoms with Crippen molar-refractivity contribution in [2.24, 2.45) is 0 Å². The zero-order valence-corrected chi connectivity index (χ0v) is 9.17. The topological polar surface area (TPSA) is 37.3 Å². The van der Waals surface area contributed by atoms with Gasteiger partial charge in [0.05, 0.1) is 11.0 Å². The lowest BCUT2D eigenvalue weighted by Gasteiger charge is -2.41. The monoisotopic (exact) mass is 262 g/mol. The molecule has 6 heteroatoms. The third-order valence-corrected chi connectivity index (χ3v) is 3.29. The Bertz CT molecular complexity index is 475. The van der Waals surface area contributed by atoms with Crippen LogP contribution in [0.5, 0.6) is 0 Å². The van der Waals surface area contributed by atoms with Crippen LogP contribution in [0.25, 0.3) is 0 Å². The second kappa shape index (κ2) is 3.96. The Morgan fingerprint density at radius 2 is 1.94 bits per heavy atom. The predicted octanol–water partition coefficient (Wildman–Crippen LogP) is 3.16. The van der Waals surface area contributed by atoms with Gasteiger partial charge in [-0.3, -0.25) is 4.79 Å². The maximum absolute atomic E-state index is 12.9. The third kappa shape index (κ3) is 1.95. The van der Waals surface area contributed by atoms with Gasteiger partial charge in [-0.05, 0) is 24.5 Å². The van der Waals surface area contributed by atoms with Gasteiger partial charge in [0.1, 0.15) is 6.17 Å². The highest BCUT2D eigenvalue weighted by atomic mass is 19.4. The first-order valence-electron chi connectivity index (χ1n) is 5.31. The van der Waals surface area contributed by atoms with Gasteiger partial charge < -0.3 is 5.11 Å². The van der Waals surface area contributed by atoms with E-state index in [0.29, 0.717) is 0 Å². The molecule has 0 heterocycles. The predicted molar refractivity (Wildman–Crippen MR) is 54.9 cm³/mol. The van der Waals surface area contributed by atoms with Gasteiger partial charge in [-0.15, -0.1) is 0 Å². The second-order valence-corrected chi connectivity index (χ2v) is 4.47. The highest BCUT2D eigenvalue weighted by Gasteiger charge is 2.52. The third-order valence-electron chi connectivity index (χ3n) is 3.29. The molecule has 0 radical (unpaired) electrons. The van der Waals surface area contributed by atoms with E-state index < -0.39 is 29.3 Å². The van der Waals surface area contributed by atoms with E-state index in [9.17, 15) is 22.4 Å². The van der Waals surface area contributed by atoms with Gasteiger partial charge in [0.15, 0.2) is 0 Å². The molecule has 0 aromatic heterocycles. The van der Waals surface area contributed by atoms with Crippen LogP contribution >= 0.6 is 0 Å². The molecular weight excluding hydrogens is 252 g/mol. The summed E-state index contributed by atoms with van der Waals surface area (Å²) in [5.74, 6) is -1.28. The Morgan fingerprint density at radius 1 is 1.33 bits per heavy atom. The summed E-state index contributed by atoms with van der Waals surface area (Å²) in [5, 5.41) is 9.10. The molecule has 0 unspecified atom stereocenters. The summed E-state index contributed by atoms with van der Waals surface area (Å²) in [5.41, 5.74) is -2.41. The molecule has 0 atom stereocenters. The van der Waals surface area contributed by atoms with Crippen molar-refractivity contribution in [2.45, 2.75) is 30.6 Å². The van der Waals surface area contributed by atoms with Crippen LogP contribution < -0.4 is 0 Å². The van der Waals surface area contributed by atoms with Gasteiger partial charge in [0.2, 0.25) is 0 Å². The Morgan fingerprint density at radius 3 is 2.39 bits per heavy atom. The number of hydrogen-bond donors (Lipinski definition) is 1. The Kier molecular flexibility index (Phi) is 2.83. The fourth-order valence-electron chi connectivity index (χ4n) is 2.22. The molecule has 0 aliphatic heterocycles. The summed E-state index contributed by atoms with van der Waals surface area (Å²) in [6, 6.07) is 4.11. The quantitative estimate of drug-likeness (QED) is 0.831. The molecule has 2 nitrogen and oxygen atoms in total. The van der Waals surface area contributed by atoms with E-state index in [0.717, 1.165) is 18.2 Å². The molecule has 0 bridgehead atoms. The molecule has 0 amide bonds. The molecule has 98 valence electrons. The van der Waals surface area contributed by atoms with Crippen molar-refractivity contribution in [3.05, 3.63) is 35.4 Å². The summed E-state index contributed by atoms with van der Waals surface area (Å²) in [6.45, 7) is 0. The minimum atomic E-state index is -4.53. The average molecular weight is 262 g/mol. The number of alkyl halides is 4. The SMILES string of the molecule is O=C(O)C1(c2cccc(C(F)(F)F)c2)CC(F)C1. The van der Waals surface area contributed by atoms with Crippen LogP contribution in [0.1, 0.15) is 24.0 Å². The first kappa shape index (κ1) is 12.9. The first-order valence-corrected chi connectivity index (χ1v) is 5.31. The standard InChI is InChI=1S/C12H10F4O2/c13-9-5-11(6-9,10(17)18)7-2-1-3-8(4-7)12(14,15)16/h1-4,9H,5-6H2,(H,17,18). The summed E-state index contributed by atoms with van der Waals surface area (Å²) < 4.78 is 50.5. The van der Waals surface area contributed by atoms with Crippen LogP contribution in [0.15, 0.2) is 24.3 Å². The van der Waals surface area contributed by atoms with Crippen molar-refractivity contribution < 1.29 is 27.5 Å². The number of carbonyl (C=O) groups is 1. The number of carboxylic acid groups (broad SMARTS) is 1. The van der Waals surface area contributed by atoms with Crippen molar-refractivity contribution in [3.8, 4) is 0 Å². The number of benzene rings is 1. The Balaban J connectivity index is 2.42.